The van der Waals surface area contributed by atoms with Crippen LogP contribution in [0.15, 0.2) is 42.5 Å². The van der Waals surface area contributed by atoms with Gasteiger partial charge in [0.1, 0.15) is 11.8 Å². The Kier molecular flexibility index (Phi) is 4.74. The molecule has 1 N–H and O–H groups in total. The molecule has 1 atom stereocenters. The number of carbonyl (C=O) groups excluding carboxylic acids is 2. The summed E-state index contributed by atoms with van der Waals surface area (Å²) >= 11 is 0. The van der Waals surface area contributed by atoms with Crippen LogP contribution in [0.2, 0.25) is 0 Å². The lowest BCUT2D eigenvalue weighted by atomic mass is 10.1. The van der Waals surface area contributed by atoms with E-state index < -0.39 is 6.04 Å². The minimum absolute atomic E-state index is 0.152. The Morgan fingerprint density at radius 1 is 1.12 bits per heavy atom. The van der Waals surface area contributed by atoms with Crippen LogP contribution in [-0.2, 0) is 9.59 Å². The van der Waals surface area contributed by atoms with E-state index in [4.69, 9.17) is 4.74 Å². The highest BCUT2D eigenvalue weighted by Crippen LogP contribution is 2.28. The van der Waals surface area contributed by atoms with Crippen LogP contribution in [0.4, 0.5) is 11.4 Å². The third-order valence-corrected chi connectivity index (χ3v) is 4.49. The van der Waals surface area contributed by atoms with E-state index in [1.807, 2.05) is 39.0 Å². The lowest BCUT2D eigenvalue weighted by molar-refractivity contribution is -0.121. The fourth-order valence-corrected chi connectivity index (χ4v) is 2.97. The Morgan fingerprint density at radius 2 is 1.84 bits per heavy atom. The van der Waals surface area contributed by atoms with Crippen molar-refractivity contribution >= 4 is 23.2 Å². The first-order valence-electron chi connectivity index (χ1n) is 8.43. The summed E-state index contributed by atoms with van der Waals surface area (Å²) in [5.41, 5.74) is 3.69. The zero-order valence-electron chi connectivity index (χ0n) is 14.7. The second-order valence-corrected chi connectivity index (χ2v) is 6.14. The highest BCUT2D eigenvalue weighted by Gasteiger charge is 2.39. The molecule has 2 aromatic rings. The minimum Gasteiger partial charge on any atom is -0.494 e. The molecule has 0 aliphatic carbocycles. The van der Waals surface area contributed by atoms with Gasteiger partial charge in [-0.3, -0.25) is 9.59 Å². The highest BCUT2D eigenvalue weighted by atomic mass is 16.5. The number of ether oxygens (including phenoxy) is 1. The van der Waals surface area contributed by atoms with Crippen LogP contribution in [0.3, 0.4) is 0 Å². The van der Waals surface area contributed by atoms with Gasteiger partial charge in [-0.05, 0) is 62.2 Å². The molecule has 3 rings (SSSR count). The van der Waals surface area contributed by atoms with Gasteiger partial charge in [0.05, 0.1) is 18.7 Å². The molecule has 5 nitrogen and oxygen atoms in total. The Balaban J connectivity index is 1.79. The molecule has 0 aromatic heterocycles. The van der Waals surface area contributed by atoms with Gasteiger partial charge in [0.2, 0.25) is 5.91 Å². The molecule has 1 aliphatic heterocycles. The van der Waals surface area contributed by atoms with Crippen LogP contribution in [0.1, 0.15) is 24.5 Å². The second kappa shape index (κ2) is 6.97. The van der Waals surface area contributed by atoms with Crippen molar-refractivity contribution in [3.8, 4) is 5.75 Å². The SMILES string of the molecule is CCOc1ccc(N2C(=O)CC(Nc3cccc(C)c3C)C2=O)cc1. The first-order valence-corrected chi connectivity index (χ1v) is 8.43. The van der Waals surface area contributed by atoms with Crippen molar-refractivity contribution in [2.75, 3.05) is 16.8 Å². The average molecular weight is 338 g/mol. The predicted molar refractivity (Wildman–Crippen MR) is 98.0 cm³/mol. The van der Waals surface area contributed by atoms with Crippen molar-refractivity contribution in [2.45, 2.75) is 33.2 Å². The number of aryl methyl sites for hydroxylation is 1. The van der Waals surface area contributed by atoms with E-state index in [1.54, 1.807) is 24.3 Å². The van der Waals surface area contributed by atoms with E-state index in [0.29, 0.717) is 12.3 Å². The third kappa shape index (κ3) is 3.36. The Morgan fingerprint density at radius 3 is 2.52 bits per heavy atom. The number of nitrogens with zero attached hydrogens (tertiary/aromatic N) is 1. The number of hydrogen-bond donors (Lipinski definition) is 1. The van der Waals surface area contributed by atoms with Crippen molar-refractivity contribution in [3.05, 3.63) is 53.6 Å². The maximum atomic E-state index is 12.7. The van der Waals surface area contributed by atoms with Crippen molar-refractivity contribution < 1.29 is 14.3 Å². The summed E-state index contributed by atoms with van der Waals surface area (Å²) in [6, 6.07) is 12.4. The summed E-state index contributed by atoms with van der Waals surface area (Å²) in [5, 5.41) is 3.22. The summed E-state index contributed by atoms with van der Waals surface area (Å²) in [6.45, 7) is 6.51. The maximum Gasteiger partial charge on any atom is 0.256 e. The molecule has 1 saturated heterocycles. The molecule has 5 heteroatoms. The zero-order chi connectivity index (χ0) is 18.0. The molecule has 1 unspecified atom stereocenters. The quantitative estimate of drug-likeness (QED) is 0.849. The highest BCUT2D eigenvalue weighted by molar-refractivity contribution is 6.23. The van der Waals surface area contributed by atoms with Gasteiger partial charge in [-0.1, -0.05) is 12.1 Å². The molecule has 1 fully saturated rings. The lowest BCUT2D eigenvalue weighted by Gasteiger charge is -2.18. The molecular weight excluding hydrogens is 316 g/mol. The first kappa shape index (κ1) is 17.0. The van der Waals surface area contributed by atoms with Crippen molar-refractivity contribution in [3.63, 3.8) is 0 Å². The number of carbonyl (C=O) groups is 2. The maximum absolute atomic E-state index is 12.7. The van der Waals surface area contributed by atoms with E-state index in [1.165, 1.54) is 4.90 Å². The topological polar surface area (TPSA) is 58.6 Å². The molecule has 0 saturated carbocycles. The molecule has 0 radical (unpaired) electrons. The molecule has 1 aliphatic rings. The van der Waals surface area contributed by atoms with Crippen LogP contribution in [-0.4, -0.2) is 24.5 Å². The Hall–Kier alpha value is -2.82. The van der Waals surface area contributed by atoms with Crippen LogP contribution < -0.4 is 15.0 Å². The molecule has 2 amide bonds. The molecule has 0 spiro atoms. The number of amides is 2. The van der Waals surface area contributed by atoms with E-state index in [9.17, 15) is 9.59 Å². The predicted octanol–water partition coefficient (Wildman–Crippen LogP) is 3.45. The van der Waals surface area contributed by atoms with Crippen LogP contribution in [0, 0.1) is 13.8 Å². The zero-order valence-corrected chi connectivity index (χ0v) is 14.7. The van der Waals surface area contributed by atoms with Gasteiger partial charge in [-0.15, -0.1) is 0 Å². The van der Waals surface area contributed by atoms with Gasteiger partial charge >= 0.3 is 0 Å². The number of nitrogens with one attached hydrogen (secondary N) is 1. The van der Waals surface area contributed by atoms with Gasteiger partial charge < -0.3 is 10.1 Å². The summed E-state index contributed by atoms with van der Waals surface area (Å²) in [6.07, 6.45) is 0.152. The normalized spacial score (nSPS) is 17.1. The fraction of sp³-hybridized carbons (Fsp3) is 0.300. The van der Waals surface area contributed by atoms with E-state index in [-0.39, 0.29) is 18.2 Å². The summed E-state index contributed by atoms with van der Waals surface area (Å²) in [5.74, 6) is 0.294. The molecule has 0 bridgehead atoms. The van der Waals surface area contributed by atoms with Gasteiger partial charge in [-0.25, -0.2) is 4.90 Å². The van der Waals surface area contributed by atoms with Crippen LogP contribution in [0.25, 0.3) is 0 Å². The van der Waals surface area contributed by atoms with Crippen LogP contribution >= 0.6 is 0 Å². The fourth-order valence-electron chi connectivity index (χ4n) is 2.97. The number of anilines is 2. The number of hydrogen-bond acceptors (Lipinski definition) is 4. The van der Waals surface area contributed by atoms with E-state index in [0.717, 1.165) is 22.6 Å². The molecule has 25 heavy (non-hydrogen) atoms. The molecular formula is C20H22N2O3. The van der Waals surface area contributed by atoms with Gasteiger partial charge in [-0.2, -0.15) is 0 Å². The average Bonchev–Trinajstić information content (AvgIpc) is 2.87. The smallest absolute Gasteiger partial charge is 0.256 e. The largest absolute Gasteiger partial charge is 0.494 e. The summed E-state index contributed by atoms with van der Waals surface area (Å²) in [7, 11) is 0. The molecule has 1 heterocycles. The van der Waals surface area contributed by atoms with Crippen LogP contribution in [0.5, 0.6) is 5.75 Å². The third-order valence-electron chi connectivity index (χ3n) is 4.49. The number of imide groups is 1. The van der Waals surface area contributed by atoms with Crippen molar-refractivity contribution in [1.29, 1.82) is 0 Å². The van der Waals surface area contributed by atoms with Gasteiger partial charge in [0.25, 0.3) is 5.91 Å². The van der Waals surface area contributed by atoms with Crippen molar-refractivity contribution in [2.24, 2.45) is 0 Å². The summed E-state index contributed by atoms with van der Waals surface area (Å²) < 4.78 is 5.40. The minimum atomic E-state index is -0.542. The Labute approximate surface area is 147 Å². The number of rotatable bonds is 5. The molecule has 130 valence electrons. The second-order valence-electron chi connectivity index (χ2n) is 6.14. The van der Waals surface area contributed by atoms with Gasteiger partial charge in [0.15, 0.2) is 0 Å². The molecule has 2 aromatic carbocycles. The lowest BCUT2D eigenvalue weighted by Crippen LogP contribution is -2.34. The van der Waals surface area contributed by atoms with E-state index in [2.05, 4.69) is 5.32 Å². The monoisotopic (exact) mass is 338 g/mol. The van der Waals surface area contributed by atoms with E-state index >= 15 is 0 Å². The number of benzene rings is 2. The first-order chi connectivity index (χ1) is 12.0. The van der Waals surface area contributed by atoms with Gasteiger partial charge in [0, 0.05) is 5.69 Å². The standard InChI is InChI=1S/C20H22N2O3/c1-4-25-16-10-8-15(9-11-16)22-19(23)12-18(20(22)24)21-17-7-5-6-13(2)14(17)3/h5-11,18,21H,4,12H2,1-3H3. The summed E-state index contributed by atoms with van der Waals surface area (Å²) in [4.78, 5) is 26.4. The Bertz CT molecular complexity index is 799. The van der Waals surface area contributed by atoms with Crippen molar-refractivity contribution in [1.82, 2.24) is 0 Å².